The third kappa shape index (κ3) is 4.16. The Kier molecular flexibility index (Phi) is 5.86. The molecule has 0 fully saturated rings. The Hall–Kier alpha value is -2.01. The highest BCUT2D eigenvalue weighted by Gasteiger charge is 2.22. The molecule has 4 nitrogen and oxygen atoms in total. The van der Waals surface area contributed by atoms with E-state index in [4.69, 9.17) is 23.2 Å². The van der Waals surface area contributed by atoms with E-state index in [2.05, 4.69) is 35.1 Å². The molecular formula is C23H25Cl2N3O. The van der Waals surface area contributed by atoms with Gasteiger partial charge in [0, 0.05) is 34.8 Å². The summed E-state index contributed by atoms with van der Waals surface area (Å²) in [5, 5.41) is 8.74. The topological polar surface area (TPSA) is 46.1 Å². The molecule has 0 unspecified atom stereocenters. The molecule has 1 aromatic heterocycles. The lowest BCUT2D eigenvalue weighted by molar-refractivity contribution is -0.116. The molecule has 2 aromatic carbocycles. The predicted octanol–water partition coefficient (Wildman–Crippen LogP) is 5.40. The number of anilines is 1. The number of carbonyl (C=O) groups is 1. The number of carbonyl (C=O) groups excluding carboxylic acids is 1. The van der Waals surface area contributed by atoms with Gasteiger partial charge in [-0.2, -0.15) is 0 Å². The number of hydrogen-bond acceptors (Lipinski definition) is 2. The highest BCUT2D eigenvalue weighted by Crippen LogP contribution is 2.35. The summed E-state index contributed by atoms with van der Waals surface area (Å²) in [6.07, 6.45) is 1.75. The van der Waals surface area contributed by atoms with Gasteiger partial charge < -0.3 is 15.2 Å². The number of hydrogen-bond donors (Lipinski definition) is 2. The van der Waals surface area contributed by atoms with Gasteiger partial charge in [-0.1, -0.05) is 49.2 Å². The number of halogens is 2. The molecule has 2 N–H and O–H groups in total. The van der Waals surface area contributed by atoms with Gasteiger partial charge in [0.1, 0.15) is 6.54 Å². The van der Waals surface area contributed by atoms with Crippen LogP contribution in [0.25, 0.3) is 10.9 Å². The smallest absolute Gasteiger partial charge is 0.244 e. The zero-order valence-electron chi connectivity index (χ0n) is 16.7. The summed E-state index contributed by atoms with van der Waals surface area (Å²) < 4.78 is 2.07. The Morgan fingerprint density at radius 2 is 1.97 bits per heavy atom. The van der Waals surface area contributed by atoms with Crippen molar-refractivity contribution in [3.05, 3.63) is 63.3 Å². The van der Waals surface area contributed by atoms with Crippen LogP contribution in [-0.4, -0.2) is 23.6 Å². The normalized spacial score (nSPS) is 14.1. The largest absolute Gasteiger partial charge is 0.334 e. The average Bonchev–Trinajstić information content (AvgIpc) is 2.82. The molecule has 0 aliphatic carbocycles. The first-order valence-corrected chi connectivity index (χ1v) is 10.8. The summed E-state index contributed by atoms with van der Waals surface area (Å²) in [6, 6.07) is 11.7. The van der Waals surface area contributed by atoms with Crippen molar-refractivity contribution in [2.75, 3.05) is 18.4 Å². The van der Waals surface area contributed by atoms with Crippen molar-refractivity contribution in [3.8, 4) is 0 Å². The van der Waals surface area contributed by atoms with Gasteiger partial charge in [-0.15, -0.1) is 0 Å². The van der Waals surface area contributed by atoms with Gasteiger partial charge in [-0.05, 0) is 54.3 Å². The molecule has 0 radical (unpaired) electrons. The number of amides is 1. The van der Waals surface area contributed by atoms with E-state index in [1.54, 1.807) is 6.07 Å². The van der Waals surface area contributed by atoms with Crippen molar-refractivity contribution in [1.82, 2.24) is 9.88 Å². The van der Waals surface area contributed by atoms with E-state index in [-0.39, 0.29) is 12.5 Å². The van der Waals surface area contributed by atoms with Crippen LogP contribution in [0.1, 0.15) is 36.6 Å². The Morgan fingerprint density at radius 3 is 2.76 bits per heavy atom. The van der Waals surface area contributed by atoms with E-state index in [9.17, 15) is 4.79 Å². The van der Waals surface area contributed by atoms with Gasteiger partial charge in [0.15, 0.2) is 0 Å². The molecule has 6 heteroatoms. The van der Waals surface area contributed by atoms with Crippen molar-refractivity contribution in [3.63, 3.8) is 0 Å². The number of fused-ring (bicyclic) bond motifs is 3. The first-order valence-electron chi connectivity index (χ1n) is 10.0. The number of benzene rings is 2. The lowest BCUT2D eigenvalue weighted by atomic mass is 10.0. The molecule has 152 valence electrons. The maximum atomic E-state index is 12.9. The summed E-state index contributed by atoms with van der Waals surface area (Å²) in [5.74, 6) is 0.348. The molecule has 1 amide bonds. The standard InChI is InChI=1S/C23H25Cl2N3O/c1-14(2)15-4-3-5-17(10-15)27-22(29)13-28-21-7-9-26-8-6-18(21)19-11-16(24)12-20(25)23(19)28/h3-5,10-12,14,26H,6-9,13H2,1-2H3,(H,27,29). The first-order chi connectivity index (χ1) is 13.9. The van der Waals surface area contributed by atoms with Crippen LogP contribution in [0.15, 0.2) is 36.4 Å². The van der Waals surface area contributed by atoms with Crippen LogP contribution >= 0.6 is 23.2 Å². The fraction of sp³-hybridized carbons (Fsp3) is 0.348. The van der Waals surface area contributed by atoms with Gasteiger partial charge in [-0.25, -0.2) is 0 Å². The quantitative estimate of drug-likeness (QED) is 0.582. The number of rotatable bonds is 4. The molecule has 3 aromatic rings. The van der Waals surface area contributed by atoms with Gasteiger partial charge in [0.25, 0.3) is 0 Å². The van der Waals surface area contributed by atoms with Crippen LogP contribution in [0, 0.1) is 0 Å². The monoisotopic (exact) mass is 429 g/mol. The molecule has 1 aliphatic heterocycles. The Bertz CT molecular complexity index is 1070. The number of nitrogens with one attached hydrogen (secondary N) is 2. The Balaban J connectivity index is 1.69. The van der Waals surface area contributed by atoms with Crippen molar-refractivity contribution >= 4 is 45.7 Å². The van der Waals surface area contributed by atoms with Crippen LogP contribution in [-0.2, 0) is 24.2 Å². The summed E-state index contributed by atoms with van der Waals surface area (Å²) in [6.45, 7) is 6.29. The van der Waals surface area contributed by atoms with E-state index in [1.165, 1.54) is 16.8 Å². The average molecular weight is 430 g/mol. The van der Waals surface area contributed by atoms with E-state index >= 15 is 0 Å². The second-order valence-corrected chi connectivity index (χ2v) is 8.72. The van der Waals surface area contributed by atoms with Gasteiger partial charge in [0.05, 0.1) is 10.5 Å². The van der Waals surface area contributed by atoms with Gasteiger partial charge >= 0.3 is 0 Å². The van der Waals surface area contributed by atoms with E-state index in [0.717, 1.165) is 42.5 Å². The summed E-state index contributed by atoms with van der Waals surface area (Å²) in [7, 11) is 0. The van der Waals surface area contributed by atoms with Crippen LogP contribution in [0.5, 0.6) is 0 Å². The molecule has 29 heavy (non-hydrogen) atoms. The first kappa shape index (κ1) is 20.3. The second kappa shape index (κ2) is 8.39. The van der Waals surface area contributed by atoms with Gasteiger partial charge in [-0.3, -0.25) is 4.79 Å². The third-order valence-electron chi connectivity index (χ3n) is 5.53. The maximum Gasteiger partial charge on any atom is 0.244 e. The summed E-state index contributed by atoms with van der Waals surface area (Å²) in [5.41, 5.74) is 5.32. The lowest BCUT2D eigenvalue weighted by Gasteiger charge is -2.13. The zero-order chi connectivity index (χ0) is 20.5. The molecule has 4 rings (SSSR count). The second-order valence-electron chi connectivity index (χ2n) is 7.87. The van der Waals surface area contributed by atoms with Crippen LogP contribution in [0.4, 0.5) is 5.69 Å². The van der Waals surface area contributed by atoms with Gasteiger partial charge in [0.2, 0.25) is 5.91 Å². The lowest BCUT2D eigenvalue weighted by Crippen LogP contribution is -2.21. The molecular weight excluding hydrogens is 405 g/mol. The summed E-state index contributed by atoms with van der Waals surface area (Å²) >= 11 is 12.9. The minimum atomic E-state index is -0.0613. The Labute approximate surface area is 181 Å². The molecule has 0 saturated heterocycles. The summed E-state index contributed by atoms with van der Waals surface area (Å²) in [4.78, 5) is 12.9. The predicted molar refractivity (Wildman–Crippen MR) is 121 cm³/mol. The highest BCUT2D eigenvalue weighted by atomic mass is 35.5. The zero-order valence-corrected chi connectivity index (χ0v) is 18.2. The van der Waals surface area contributed by atoms with Crippen molar-refractivity contribution in [2.24, 2.45) is 0 Å². The van der Waals surface area contributed by atoms with E-state index in [1.807, 2.05) is 24.3 Å². The SMILES string of the molecule is CC(C)c1cccc(NC(=O)Cn2c3c(c4cc(Cl)cc(Cl)c42)CCNCC3)c1. The molecule has 2 heterocycles. The Morgan fingerprint density at radius 1 is 1.17 bits per heavy atom. The minimum absolute atomic E-state index is 0.0613. The maximum absolute atomic E-state index is 12.9. The van der Waals surface area contributed by atoms with Crippen LogP contribution < -0.4 is 10.6 Å². The third-order valence-corrected chi connectivity index (χ3v) is 6.03. The molecule has 1 aliphatic rings. The molecule has 0 atom stereocenters. The van der Waals surface area contributed by atoms with Crippen LogP contribution in [0.3, 0.4) is 0 Å². The van der Waals surface area contributed by atoms with Crippen molar-refractivity contribution in [2.45, 2.75) is 39.2 Å². The molecule has 0 spiro atoms. The van der Waals surface area contributed by atoms with Crippen molar-refractivity contribution < 1.29 is 4.79 Å². The number of nitrogens with zero attached hydrogens (tertiary/aromatic N) is 1. The van der Waals surface area contributed by atoms with Crippen LogP contribution in [0.2, 0.25) is 10.0 Å². The fourth-order valence-corrected chi connectivity index (χ4v) is 4.72. The molecule has 0 bridgehead atoms. The van der Waals surface area contributed by atoms with E-state index < -0.39 is 0 Å². The van der Waals surface area contributed by atoms with E-state index in [0.29, 0.717) is 16.0 Å². The van der Waals surface area contributed by atoms with Crippen molar-refractivity contribution in [1.29, 1.82) is 0 Å². The minimum Gasteiger partial charge on any atom is -0.334 e. The fourth-order valence-electron chi connectivity index (χ4n) is 4.13. The molecule has 0 saturated carbocycles. The number of aromatic nitrogens is 1. The highest BCUT2D eigenvalue weighted by molar-refractivity contribution is 6.38.